The molecule has 142 valence electrons. The Bertz CT molecular complexity index is 1190. The highest BCUT2D eigenvalue weighted by atomic mass is 16.4. The van der Waals surface area contributed by atoms with Gasteiger partial charge in [0.1, 0.15) is 5.82 Å². The van der Waals surface area contributed by atoms with Gasteiger partial charge in [0.2, 0.25) is 5.95 Å². The fraction of sp³-hybridized carbons (Fsp3) is 0.150. The fourth-order valence-electron chi connectivity index (χ4n) is 2.79. The molecule has 0 aliphatic heterocycles. The number of anilines is 5. The summed E-state index contributed by atoms with van der Waals surface area (Å²) < 4.78 is 5.03. The quantitative estimate of drug-likeness (QED) is 0.487. The summed E-state index contributed by atoms with van der Waals surface area (Å²) in [5.41, 5.74) is 4.80. The summed E-state index contributed by atoms with van der Waals surface area (Å²) in [7, 11) is 3.99. The van der Waals surface area contributed by atoms with E-state index in [0.29, 0.717) is 22.9 Å². The van der Waals surface area contributed by atoms with Crippen LogP contribution >= 0.6 is 0 Å². The molecule has 0 spiro atoms. The Morgan fingerprint density at radius 3 is 2.71 bits per heavy atom. The third-order valence-corrected chi connectivity index (χ3v) is 4.27. The average molecular weight is 376 g/mol. The second kappa shape index (κ2) is 7.07. The molecule has 2 aromatic heterocycles. The Morgan fingerprint density at radius 1 is 1.07 bits per heavy atom. The number of hydrogen-bond donors (Lipinski definition) is 3. The van der Waals surface area contributed by atoms with E-state index in [-0.39, 0.29) is 0 Å². The Labute approximate surface area is 161 Å². The summed E-state index contributed by atoms with van der Waals surface area (Å²) in [5.74, 6) is 0.685. The minimum absolute atomic E-state index is 0.475. The molecule has 4 aromatic rings. The number of H-pyrrole nitrogens is 1. The number of oxazole rings is 1. The predicted molar refractivity (Wildman–Crippen MR) is 111 cm³/mol. The van der Waals surface area contributed by atoms with Gasteiger partial charge in [-0.25, -0.2) is 9.78 Å². The molecule has 0 aliphatic rings. The number of hydrogen-bond acceptors (Lipinski definition) is 7. The summed E-state index contributed by atoms with van der Waals surface area (Å²) in [6, 6.07) is 13.4. The van der Waals surface area contributed by atoms with Gasteiger partial charge in [-0.1, -0.05) is 6.07 Å². The molecule has 0 saturated heterocycles. The molecule has 0 bridgehead atoms. The zero-order valence-electron chi connectivity index (χ0n) is 15.8. The Balaban J connectivity index is 1.59. The standard InChI is InChI=1S/C20H20N6O2/c1-12-11-21-19(23-13-5-4-6-15(9-13)26(2)3)25-18(12)22-14-7-8-17-16(10-14)24-20(27)28-17/h4-11H,1-3H3,(H,24,27)(H2,21,22,23,25). The smallest absolute Gasteiger partial charge is 0.408 e. The van der Waals surface area contributed by atoms with Gasteiger partial charge in [0.15, 0.2) is 5.58 Å². The van der Waals surface area contributed by atoms with Gasteiger partial charge in [0, 0.05) is 42.9 Å². The Hall–Kier alpha value is -3.81. The van der Waals surface area contributed by atoms with Gasteiger partial charge in [-0.3, -0.25) is 4.98 Å². The summed E-state index contributed by atoms with van der Waals surface area (Å²) in [4.78, 5) is 24.9. The number of rotatable bonds is 5. The lowest BCUT2D eigenvalue weighted by Crippen LogP contribution is -2.09. The molecule has 4 rings (SSSR count). The second-order valence-electron chi connectivity index (χ2n) is 6.65. The third-order valence-electron chi connectivity index (χ3n) is 4.27. The molecule has 28 heavy (non-hydrogen) atoms. The van der Waals surface area contributed by atoms with E-state index in [1.807, 2.05) is 56.3 Å². The van der Waals surface area contributed by atoms with Crippen molar-refractivity contribution in [2.45, 2.75) is 6.92 Å². The first-order valence-electron chi connectivity index (χ1n) is 8.76. The summed E-state index contributed by atoms with van der Waals surface area (Å²) in [5, 5.41) is 6.50. The van der Waals surface area contributed by atoms with Crippen LogP contribution in [0.2, 0.25) is 0 Å². The number of benzene rings is 2. The van der Waals surface area contributed by atoms with E-state index in [1.165, 1.54) is 0 Å². The SMILES string of the molecule is Cc1cnc(Nc2cccc(N(C)C)c2)nc1Nc1ccc2oc(=O)[nH]c2c1. The number of aryl methyl sites for hydroxylation is 1. The molecule has 8 heteroatoms. The molecule has 0 unspecified atom stereocenters. The fourth-order valence-corrected chi connectivity index (χ4v) is 2.79. The van der Waals surface area contributed by atoms with Crippen LogP contribution in [0.1, 0.15) is 5.56 Å². The van der Waals surface area contributed by atoms with E-state index in [9.17, 15) is 4.79 Å². The first-order chi connectivity index (χ1) is 13.5. The lowest BCUT2D eigenvalue weighted by atomic mass is 10.2. The lowest BCUT2D eigenvalue weighted by Gasteiger charge is -2.14. The minimum atomic E-state index is -0.475. The van der Waals surface area contributed by atoms with Crippen molar-refractivity contribution in [3.8, 4) is 0 Å². The predicted octanol–water partition coefficient (Wildman–Crippen LogP) is 3.77. The lowest BCUT2D eigenvalue weighted by molar-refractivity contribution is 0.555. The van der Waals surface area contributed by atoms with Crippen LogP contribution in [0.5, 0.6) is 0 Å². The van der Waals surface area contributed by atoms with Crippen molar-refractivity contribution >= 4 is 39.9 Å². The molecular weight excluding hydrogens is 356 g/mol. The van der Waals surface area contributed by atoms with E-state index in [4.69, 9.17) is 4.42 Å². The molecule has 0 radical (unpaired) electrons. The van der Waals surface area contributed by atoms with Crippen LogP contribution < -0.4 is 21.3 Å². The van der Waals surface area contributed by atoms with Crippen molar-refractivity contribution in [3.63, 3.8) is 0 Å². The molecule has 0 fully saturated rings. The van der Waals surface area contributed by atoms with Crippen LogP contribution in [-0.4, -0.2) is 29.0 Å². The molecule has 8 nitrogen and oxygen atoms in total. The zero-order chi connectivity index (χ0) is 19.7. The van der Waals surface area contributed by atoms with Gasteiger partial charge in [0.25, 0.3) is 0 Å². The van der Waals surface area contributed by atoms with Crippen LogP contribution in [-0.2, 0) is 0 Å². The first-order valence-corrected chi connectivity index (χ1v) is 8.76. The van der Waals surface area contributed by atoms with Crippen LogP contribution in [0.3, 0.4) is 0 Å². The van der Waals surface area contributed by atoms with E-state index in [2.05, 4.69) is 25.6 Å². The number of nitrogens with zero attached hydrogens (tertiary/aromatic N) is 3. The molecule has 0 amide bonds. The number of nitrogens with one attached hydrogen (secondary N) is 3. The van der Waals surface area contributed by atoms with Gasteiger partial charge >= 0.3 is 5.76 Å². The van der Waals surface area contributed by atoms with Crippen molar-refractivity contribution in [1.82, 2.24) is 15.0 Å². The van der Waals surface area contributed by atoms with Crippen molar-refractivity contribution in [2.75, 3.05) is 29.6 Å². The molecule has 2 heterocycles. The summed E-state index contributed by atoms with van der Waals surface area (Å²) >= 11 is 0. The molecule has 0 aliphatic carbocycles. The highest BCUT2D eigenvalue weighted by Gasteiger charge is 2.08. The van der Waals surface area contributed by atoms with Crippen LogP contribution in [0.15, 0.2) is 57.9 Å². The maximum absolute atomic E-state index is 11.3. The van der Waals surface area contributed by atoms with Crippen LogP contribution in [0.4, 0.5) is 28.8 Å². The van der Waals surface area contributed by atoms with Crippen molar-refractivity contribution in [3.05, 3.63) is 64.8 Å². The Kier molecular flexibility index (Phi) is 4.44. The van der Waals surface area contributed by atoms with E-state index in [0.717, 1.165) is 22.6 Å². The normalized spacial score (nSPS) is 10.8. The molecule has 0 atom stereocenters. The second-order valence-corrected chi connectivity index (χ2v) is 6.65. The third kappa shape index (κ3) is 3.66. The van der Waals surface area contributed by atoms with Gasteiger partial charge in [-0.15, -0.1) is 0 Å². The molecule has 2 aromatic carbocycles. The molecular formula is C20H20N6O2. The Morgan fingerprint density at radius 2 is 1.89 bits per heavy atom. The topological polar surface area (TPSA) is 99.1 Å². The maximum Gasteiger partial charge on any atom is 0.417 e. The zero-order valence-corrected chi connectivity index (χ0v) is 15.8. The van der Waals surface area contributed by atoms with Gasteiger partial charge in [-0.05, 0) is 43.3 Å². The molecule has 3 N–H and O–H groups in total. The van der Waals surface area contributed by atoms with Gasteiger partial charge in [0.05, 0.1) is 5.52 Å². The number of fused-ring (bicyclic) bond motifs is 1. The molecule has 0 saturated carbocycles. The number of aromatic nitrogens is 3. The van der Waals surface area contributed by atoms with Crippen molar-refractivity contribution in [2.24, 2.45) is 0 Å². The van der Waals surface area contributed by atoms with Gasteiger partial charge < -0.3 is 20.0 Å². The number of aromatic amines is 1. The largest absolute Gasteiger partial charge is 0.417 e. The van der Waals surface area contributed by atoms with Crippen LogP contribution in [0.25, 0.3) is 11.1 Å². The highest BCUT2D eigenvalue weighted by Crippen LogP contribution is 2.24. The van der Waals surface area contributed by atoms with Crippen LogP contribution in [0, 0.1) is 6.92 Å². The van der Waals surface area contributed by atoms with E-state index in [1.54, 1.807) is 18.3 Å². The monoisotopic (exact) mass is 376 g/mol. The van der Waals surface area contributed by atoms with Crippen molar-refractivity contribution in [1.29, 1.82) is 0 Å². The van der Waals surface area contributed by atoms with E-state index >= 15 is 0 Å². The maximum atomic E-state index is 11.3. The first kappa shape index (κ1) is 17.6. The minimum Gasteiger partial charge on any atom is -0.408 e. The van der Waals surface area contributed by atoms with E-state index < -0.39 is 5.76 Å². The average Bonchev–Trinajstić information content (AvgIpc) is 3.04. The summed E-state index contributed by atoms with van der Waals surface area (Å²) in [6.45, 7) is 1.93. The highest BCUT2D eigenvalue weighted by molar-refractivity contribution is 5.78. The summed E-state index contributed by atoms with van der Waals surface area (Å²) in [6.07, 6.45) is 1.76. The van der Waals surface area contributed by atoms with Gasteiger partial charge in [-0.2, -0.15) is 4.98 Å². The van der Waals surface area contributed by atoms with Crippen molar-refractivity contribution < 1.29 is 4.42 Å².